The Morgan fingerprint density at radius 1 is 1.39 bits per heavy atom. The third-order valence-electron chi connectivity index (χ3n) is 2.56. The molecule has 0 aliphatic rings. The zero-order chi connectivity index (χ0) is 13.1. The van der Waals surface area contributed by atoms with Crippen molar-refractivity contribution in [3.8, 4) is 0 Å². The summed E-state index contributed by atoms with van der Waals surface area (Å²) in [6, 6.07) is 8.60. The fraction of sp³-hybridized carbons (Fsp3) is 0.231. The SMILES string of the molecule is CC(N)c1cc(=O)[nH]c(Cc2ccc(Cl)cc2)n1. The van der Waals surface area contributed by atoms with Crippen molar-refractivity contribution >= 4 is 11.6 Å². The van der Waals surface area contributed by atoms with E-state index in [4.69, 9.17) is 17.3 Å². The van der Waals surface area contributed by atoms with E-state index >= 15 is 0 Å². The first kappa shape index (κ1) is 12.8. The molecule has 0 aliphatic carbocycles. The normalized spacial score (nSPS) is 12.4. The molecule has 4 nitrogen and oxygen atoms in total. The summed E-state index contributed by atoms with van der Waals surface area (Å²) >= 11 is 5.82. The van der Waals surface area contributed by atoms with Crippen LogP contribution in [-0.2, 0) is 6.42 Å². The van der Waals surface area contributed by atoms with Gasteiger partial charge < -0.3 is 10.7 Å². The van der Waals surface area contributed by atoms with E-state index in [1.807, 2.05) is 24.3 Å². The summed E-state index contributed by atoms with van der Waals surface area (Å²) in [5.74, 6) is 0.608. The van der Waals surface area contributed by atoms with E-state index in [1.54, 1.807) is 6.92 Å². The maximum Gasteiger partial charge on any atom is 0.251 e. The maximum absolute atomic E-state index is 11.5. The van der Waals surface area contributed by atoms with Gasteiger partial charge in [-0.1, -0.05) is 23.7 Å². The number of nitrogens with two attached hydrogens (primary N) is 1. The molecule has 18 heavy (non-hydrogen) atoms. The standard InChI is InChI=1S/C13H14ClN3O/c1-8(15)11-7-13(18)17-12(16-11)6-9-2-4-10(14)5-3-9/h2-5,7-8H,6,15H2,1H3,(H,16,17,18). The Hall–Kier alpha value is -1.65. The van der Waals surface area contributed by atoms with Crippen molar-refractivity contribution in [3.05, 3.63) is 62.8 Å². The lowest BCUT2D eigenvalue weighted by Crippen LogP contribution is -2.17. The van der Waals surface area contributed by atoms with Crippen LogP contribution in [0.4, 0.5) is 0 Å². The van der Waals surface area contributed by atoms with Gasteiger partial charge in [0.25, 0.3) is 5.56 Å². The van der Waals surface area contributed by atoms with Crippen LogP contribution in [0.15, 0.2) is 35.1 Å². The summed E-state index contributed by atoms with van der Waals surface area (Å²) in [4.78, 5) is 18.5. The van der Waals surface area contributed by atoms with Gasteiger partial charge in [-0.25, -0.2) is 4.98 Å². The van der Waals surface area contributed by atoms with Crippen LogP contribution in [0.3, 0.4) is 0 Å². The highest BCUT2D eigenvalue weighted by Gasteiger charge is 2.06. The number of H-pyrrole nitrogens is 1. The Balaban J connectivity index is 2.28. The summed E-state index contributed by atoms with van der Waals surface area (Å²) in [5, 5.41) is 0.685. The van der Waals surface area contributed by atoms with Crippen molar-refractivity contribution in [2.75, 3.05) is 0 Å². The summed E-state index contributed by atoms with van der Waals surface area (Å²) in [6.45, 7) is 1.80. The third-order valence-corrected chi connectivity index (χ3v) is 2.81. The number of hydrogen-bond acceptors (Lipinski definition) is 3. The zero-order valence-corrected chi connectivity index (χ0v) is 10.7. The van der Waals surface area contributed by atoms with Crippen LogP contribution < -0.4 is 11.3 Å². The molecule has 0 saturated heterocycles. The van der Waals surface area contributed by atoms with E-state index < -0.39 is 0 Å². The van der Waals surface area contributed by atoms with Crippen LogP contribution in [-0.4, -0.2) is 9.97 Å². The molecular formula is C13H14ClN3O. The van der Waals surface area contributed by atoms with Gasteiger partial charge in [0, 0.05) is 23.6 Å². The van der Waals surface area contributed by atoms with Crippen molar-refractivity contribution in [1.82, 2.24) is 9.97 Å². The average molecular weight is 264 g/mol. The lowest BCUT2D eigenvalue weighted by molar-refractivity contribution is 0.753. The topological polar surface area (TPSA) is 71.8 Å². The molecule has 2 aromatic rings. The van der Waals surface area contributed by atoms with Gasteiger partial charge in [-0.3, -0.25) is 4.79 Å². The minimum Gasteiger partial charge on any atom is -0.323 e. The highest BCUT2D eigenvalue weighted by Crippen LogP contribution is 2.12. The van der Waals surface area contributed by atoms with Crippen molar-refractivity contribution in [2.45, 2.75) is 19.4 Å². The van der Waals surface area contributed by atoms with Crippen LogP contribution in [0.25, 0.3) is 0 Å². The van der Waals surface area contributed by atoms with Crippen LogP contribution in [0.1, 0.15) is 30.0 Å². The highest BCUT2D eigenvalue weighted by molar-refractivity contribution is 6.30. The van der Waals surface area contributed by atoms with Gasteiger partial charge in [-0.2, -0.15) is 0 Å². The summed E-state index contributed by atoms with van der Waals surface area (Å²) in [6.07, 6.45) is 0.549. The minimum atomic E-state index is -0.253. The summed E-state index contributed by atoms with van der Waals surface area (Å²) < 4.78 is 0. The molecule has 1 heterocycles. The van der Waals surface area contributed by atoms with Gasteiger partial charge in [0.1, 0.15) is 5.82 Å². The molecular weight excluding hydrogens is 250 g/mol. The van der Waals surface area contributed by atoms with Gasteiger partial charge in [-0.05, 0) is 24.6 Å². The molecule has 1 aromatic carbocycles. The number of hydrogen-bond donors (Lipinski definition) is 2. The molecule has 1 aromatic heterocycles. The molecule has 5 heteroatoms. The van der Waals surface area contributed by atoms with Gasteiger partial charge in [-0.15, -0.1) is 0 Å². The first-order valence-electron chi connectivity index (χ1n) is 5.65. The van der Waals surface area contributed by atoms with Crippen LogP contribution in [0.2, 0.25) is 5.02 Å². The third kappa shape index (κ3) is 3.18. The number of aromatic nitrogens is 2. The minimum absolute atomic E-state index is 0.179. The predicted octanol–water partition coefficient (Wildman–Crippen LogP) is 2.03. The fourth-order valence-electron chi connectivity index (χ4n) is 1.64. The molecule has 0 spiro atoms. The highest BCUT2D eigenvalue weighted by atomic mass is 35.5. The van der Waals surface area contributed by atoms with E-state index in [0.717, 1.165) is 5.56 Å². The second-order valence-electron chi connectivity index (χ2n) is 4.21. The van der Waals surface area contributed by atoms with Gasteiger partial charge >= 0.3 is 0 Å². The molecule has 0 aliphatic heterocycles. The molecule has 0 bridgehead atoms. The molecule has 1 unspecified atom stereocenters. The Labute approximate surface area is 110 Å². The molecule has 94 valence electrons. The first-order chi connectivity index (χ1) is 8.54. The largest absolute Gasteiger partial charge is 0.323 e. The van der Waals surface area contributed by atoms with E-state index in [0.29, 0.717) is 23.0 Å². The number of nitrogens with one attached hydrogen (secondary N) is 1. The quantitative estimate of drug-likeness (QED) is 0.890. The molecule has 0 radical (unpaired) electrons. The second kappa shape index (κ2) is 5.33. The molecule has 1 atom stereocenters. The first-order valence-corrected chi connectivity index (χ1v) is 6.02. The lowest BCUT2D eigenvalue weighted by Gasteiger charge is -2.07. The van der Waals surface area contributed by atoms with Gasteiger partial charge in [0.05, 0.1) is 5.69 Å². The van der Waals surface area contributed by atoms with Crippen molar-refractivity contribution in [1.29, 1.82) is 0 Å². The average Bonchev–Trinajstić information content (AvgIpc) is 2.31. The van der Waals surface area contributed by atoms with E-state index in [9.17, 15) is 4.79 Å². The van der Waals surface area contributed by atoms with Crippen LogP contribution >= 0.6 is 11.6 Å². The smallest absolute Gasteiger partial charge is 0.251 e. The fourth-order valence-corrected chi connectivity index (χ4v) is 1.77. The Morgan fingerprint density at radius 3 is 2.67 bits per heavy atom. The molecule has 2 rings (SSSR count). The Bertz CT molecular complexity index is 590. The van der Waals surface area contributed by atoms with Crippen LogP contribution in [0, 0.1) is 0 Å². The predicted molar refractivity (Wildman–Crippen MR) is 71.7 cm³/mol. The van der Waals surface area contributed by atoms with Crippen molar-refractivity contribution in [2.24, 2.45) is 5.73 Å². The maximum atomic E-state index is 11.5. The van der Waals surface area contributed by atoms with Crippen LogP contribution in [0.5, 0.6) is 0 Å². The van der Waals surface area contributed by atoms with Crippen molar-refractivity contribution < 1.29 is 0 Å². The number of benzene rings is 1. The van der Waals surface area contributed by atoms with Crippen molar-refractivity contribution in [3.63, 3.8) is 0 Å². The molecule has 0 fully saturated rings. The summed E-state index contributed by atoms with van der Waals surface area (Å²) in [5.41, 5.74) is 7.18. The lowest BCUT2D eigenvalue weighted by atomic mass is 10.1. The Kier molecular flexibility index (Phi) is 3.79. The second-order valence-corrected chi connectivity index (χ2v) is 4.65. The number of aromatic amines is 1. The molecule has 0 amide bonds. The monoisotopic (exact) mass is 263 g/mol. The van der Waals surface area contributed by atoms with Gasteiger partial charge in [0.2, 0.25) is 0 Å². The molecule has 3 N–H and O–H groups in total. The molecule has 0 saturated carbocycles. The van der Waals surface area contributed by atoms with Gasteiger partial charge in [0.15, 0.2) is 0 Å². The summed E-state index contributed by atoms with van der Waals surface area (Å²) in [7, 11) is 0. The zero-order valence-electron chi connectivity index (χ0n) is 9.98. The van der Waals surface area contributed by atoms with E-state index in [-0.39, 0.29) is 11.6 Å². The van der Waals surface area contributed by atoms with E-state index in [2.05, 4.69) is 9.97 Å². The number of halogens is 1. The Morgan fingerprint density at radius 2 is 2.06 bits per heavy atom. The number of rotatable bonds is 3. The van der Waals surface area contributed by atoms with E-state index in [1.165, 1.54) is 6.07 Å². The number of nitrogens with zero attached hydrogens (tertiary/aromatic N) is 1.